The second-order valence-corrected chi connectivity index (χ2v) is 5.18. The van der Waals surface area contributed by atoms with Gasteiger partial charge in [0.05, 0.1) is 16.3 Å². The lowest BCUT2D eigenvalue weighted by Crippen LogP contribution is -2.18. The zero-order chi connectivity index (χ0) is 13.3. The van der Waals surface area contributed by atoms with Crippen LogP contribution >= 0.6 is 34.2 Å². The van der Waals surface area contributed by atoms with Crippen molar-refractivity contribution in [1.29, 1.82) is 0 Å². The molecule has 2 rings (SSSR count). The van der Waals surface area contributed by atoms with Crippen LogP contribution in [-0.4, -0.2) is 15.6 Å². The van der Waals surface area contributed by atoms with Gasteiger partial charge in [0.1, 0.15) is 0 Å². The summed E-state index contributed by atoms with van der Waals surface area (Å²) in [6.07, 6.45) is 1.26. The number of carbonyl (C=O) groups is 1. The largest absolute Gasteiger partial charge is 0.478 e. The van der Waals surface area contributed by atoms with Crippen molar-refractivity contribution in [3.63, 3.8) is 0 Å². The summed E-state index contributed by atoms with van der Waals surface area (Å²) in [7, 11) is 0. The van der Waals surface area contributed by atoms with Crippen molar-refractivity contribution in [2.75, 3.05) is 0 Å². The fourth-order valence-corrected chi connectivity index (χ4v) is 2.43. The fourth-order valence-electron chi connectivity index (χ4n) is 1.48. The molecule has 0 aliphatic heterocycles. The highest BCUT2D eigenvalue weighted by atomic mass is 127. The summed E-state index contributed by atoms with van der Waals surface area (Å²) in [5.74, 6) is -1.09. The molecule has 4 nitrogen and oxygen atoms in total. The number of hydrogen-bond acceptors (Lipinski definition) is 2. The maximum absolute atomic E-state index is 11.7. The molecule has 0 fully saturated rings. The van der Waals surface area contributed by atoms with E-state index in [1.165, 1.54) is 22.9 Å². The summed E-state index contributed by atoms with van der Waals surface area (Å²) >= 11 is 8.16. The van der Waals surface area contributed by atoms with Gasteiger partial charge in [-0.15, -0.1) is 0 Å². The summed E-state index contributed by atoms with van der Waals surface area (Å²) in [6.45, 7) is 0. The number of hydrogen-bond donors (Lipinski definition) is 1. The number of aromatic carboxylic acids is 1. The number of aromatic nitrogens is 1. The van der Waals surface area contributed by atoms with Crippen LogP contribution in [0.25, 0.3) is 5.69 Å². The molecule has 0 unspecified atom stereocenters. The Kier molecular flexibility index (Phi) is 3.72. The molecule has 0 aliphatic rings. The third-order valence-electron chi connectivity index (χ3n) is 2.33. The van der Waals surface area contributed by atoms with Crippen molar-refractivity contribution in [2.45, 2.75) is 0 Å². The maximum Gasteiger partial charge on any atom is 0.337 e. The molecule has 0 radical (unpaired) electrons. The third-order valence-corrected chi connectivity index (χ3v) is 3.30. The average Bonchev–Trinajstić information content (AvgIpc) is 2.30. The Balaban J connectivity index is 2.66. The summed E-state index contributed by atoms with van der Waals surface area (Å²) in [4.78, 5) is 22.6. The molecule has 0 amide bonds. The summed E-state index contributed by atoms with van der Waals surface area (Å²) < 4.78 is 2.16. The highest BCUT2D eigenvalue weighted by Crippen LogP contribution is 2.21. The Morgan fingerprint density at radius 3 is 2.61 bits per heavy atom. The van der Waals surface area contributed by atoms with Crippen molar-refractivity contribution in [3.05, 3.63) is 61.0 Å². The van der Waals surface area contributed by atoms with Gasteiger partial charge in [-0.05, 0) is 46.9 Å². The summed E-state index contributed by atoms with van der Waals surface area (Å²) in [6, 6.07) is 7.65. The van der Waals surface area contributed by atoms with Gasteiger partial charge in [0, 0.05) is 15.8 Å². The normalized spacial score (nSPS) is 10.3. The topological polar surface area (TPSA) is 59.3 Å². The molecule has 0 bridgehead atoms. The molecule has 0 saturated carbocycles. The van der Waals surface area contributed by atoms with Crippen LogP contribution in [0.1, 0.15) is 10.4 Å². The number of rotatable bonds is 2. The van der Waals surface area contributed by atoms with Gasteiger partial charge in [0.25, 0.3) is 5.56 Å². The molecule has 0 saturated heterocycles. The Morgan fingerprint density at radius 1 is 1.28 bits per heavy atom. The first-order chi connectivity index (χ1) is 8.49. The molecule has 0 spiro atoms. The Morgan fingerprint density at radius 2 is 2.00 bits per heavy atom. The Hall–Kier alpha value is -1.34. The van der Waals surface area contributed by atoms with Crippen molar-refractivity contribution in [3.8, 4) is 5.69 Å². The van der Waals surface area contributed by atoms with E-state index in [1.807, 2.05) is 0 Å². The lowest BCUT2D eigenvalue weighted by atomic mass is 10.2. The number of pyridine rings is 1. The minimum absolute atomic E-state index is 0.0317. The molecule has 2 aromatic rings. The first-order valence-electron chi connectivity index (χ1n) is 4.90. The Bertz CT molecular complexity index is 681. The van der Waals surface area contributed by atoms with Crippen molar-refractivity contribution in [1.82, 2.24) is 4.57 Å². The highest BCUT2D eigenvalue weighted by molar-refractivity contribution is 14.1. The molecule has 0 atom stereocenters. The zero-order valence-electron chi connectivity index (χ0n) is 8.93. The van der Waals surface area contributed by atoms with Crippen LogP contribution in [0, 0.1) is 3.57 Å². The molecule has 18 heavy (non-hydrogen) atoms. The lowest BCUT2D eigenvalue weighted by molar-refractivity contribution is 0.0696. The smallest absolute Gasteiger partial charge is 0.337 e. The summed E-state index contributed by atoms with van der Waals surface area (Å²) in [5, 5.41) is 9.31. The van der Waals surface area contributed by atoms with Crippen LogP contribution in [-0.2, 0) is 0 Å². The second-order valence-electron chi connectivity index (χ2n) is 3.53. The Labute approximate surface area is 121 Å². The predicted octanol–water partition coefficient (Wildman–Crippen LogP) is 2.79. The van der Waals surface area contributed by atoms with Crippen molar-refractivity contribution >= 4 is 40.2 Å². The molecule has 1 heterocycles. The second kappa shape index (κ2) is 5.11. The molecular formula is C12H7ClINO3. The van der Waals surface area contributed by atoms with Gasteiger partial charge in [-0.1, -0.05) is 11.6 Å². The van der Waals surface area contributed by atoms with Gasteiger partial charge in [-0.3, -0.25) is 9.36 Å². The van der Waals surface area contributed by atoms with Gasteiger partial charge >= 0.3 is 5.97 Å². The molecule has 1 aromatic heterocycles. The van der Waals surface area contributed by atoms with E-state index in [0.717, 1.165) is 3.57 Å². The maximum atomic E-state index is 11.7. The van der Waals surface area contributed by atoms with Crippen LogP contribution < -0.4 is 5.56 Å². The zero-order valence-corrected chi connectivity index (χ0v) is 11.8. The van der Waals surface area contributed by atoms with E-state index in [0.29, 0.717) is 10.7 Å². The number of carboxylic acids is 1. The van der Waals surface area contributed by atoms with E-state index < -0.39 is 5.97 Å². The fraction of sp³-hybridized carbons (Fsp3) is 0. The number of benzene rings is 1. The molecule has 1 N–H and O–H groups in total. The number of carboxylic acid groups (broad SMARTS) is 1. The van der Waals surface area contributed by atoms with E-state index in [1.54, 1.807) is 18.2 Å². The SMILES string of the molecule is O=C(O)c1ccc(=O)n(-c2ccc(I)cc2Cl)c1. The summed E-state index contributed by atoms with van der Waals surface area (Å²) in [5.41, 5.74) is 0.164. The van der Waals surface area contributed by atoms with Gasteiger partial charge in [0.15, 0.2) is 0 Å². The minimum atomic E-state index is -1.09. The van der Waals surface area contributed by atoms with Gasteiger partial charge in [-0.25, -0.2) is 4.79 Å². The van der Waals surface area contributed by atoms with E-state index in [9.17, 15) is 9.59 Å². The van der Waals surface area contributed by atoms with Crippen LogP contribution in [0.15, 0.2) is 41.3 Å². The minimum Gasteiger partial charge on any atom is -0.478 e. The van der Waals surface area contributed by atoms with Gasteiger partial charge < -0.3 is 5.11 Å². The predicted molar refractivity (Wildman–Crippen MR) is 76.7 cm³/mol. The van der Waals surface area contributed by atoms with Crippen molar-refractivity contribution < 1.29 is 9.90 Å². The molecule has 1 aromatic carbocycles. The monoisotopic (exact) mass is 375 g/mol. The molecule has 92 valence electrons. The van der Waals surface area contributed by atoms with Gasteiger partial charge in [0.2, 0.25) is 0 Å². The third kappa shape index (κ3) is 2.56. The molecule has 6 heteroatoms. The van der Waals surface area contributed by atoms with E-state index in [-0.39, 0.29) is 11.1 Å². The number of nitrogens with zero attached hydrogens (tertiary/aromatic N) is 1. The lowest BCUT2D eigenvalue weighted by Gasteiger charge is -2.08. The van der Waals surface area contributed by atoms with Crippen LogP contribution in [0.5, 0.6) is 0 Å². The first-order valence-corrected chi connectivity index (χ1v) is 6.36. The standard InChI is InChI=1S/C12H7ClINO3/c13-9-5-8(14)2-3-10(9)15-6-7(12(17)18)1-4-11(15)16/h1-6H,(H,17,18). The van der Waals surface area contributed by atoms with E-state index >= 15 is 0 Å². The van der Waals surface area contributed by atoms with Crippen LogP contribution in [0.4, 0.5) is 0 Å². The molecule has 0 aliphatic carbocycles. The first kappa shape index (κ1) is 13.1. The van der Waals surface area contributed by atoms with E-state index in [4.69, 9.17) is 16.7 Å². The van der Waals surface area contributed by atoms with Crippen molar-refractivity contribution in [2.24, 2.45) is 0 Å². The average molecular weight is 376 g/mol. The van der Waals surface area contributed by atoms with Crippen LogP contribution in [0.3, 0.4) is 0 Å². The quantitative estimate of drug-likeness (QED) is 0.821. The van der Waals surface area contributed by atoms with Crippen LogP contribution in [0.2, 0.25) is 5.02 Å². The highest BCUT2D eigenvalue weighted by Gasteiger charge is 2.09. The number of halogens is 2. The molecular weight excluding hydrogens is 368 g/mol. The van der Waals surface area contributed by atoms with E-state index in [2.05, 4.69) is 22.6 Å². The van der Waals surface area contributed by atoms with Gasteiger partial charge in [-0.2, -0.15) is 0 Å².